The smallest absolute Gasteiger partial charge is 0.407 e. The van der Waals surface area contributed by atoms with Crippen LogP contribution in [0.5, 0.6) is 0 Å². The summed E-state index contributed by atoms with van der Waals surface area (Å²) < 4.78 is 35.8. The van der Waals surface area contributed by atoms with E-state index in [0.29, 0.717) is 6.54 Å². The van der Waals surface area contributed by atoms with E-state index in [9.17, 15) is 9.90 Å². The van der Waals surface area contributed by atoms with Crippen molar-refractivity contribution in [2.24, 2.45) is 0 Å². The monoisotopic (exact) mass is 454 g/mol. The van der Waals surface area contributed by atoms with Gasteiger partial charge in [0, 0.05) is 18.7 Å². The molecule has 1 amide bonds. The molecule has 0 heterocycles. The van der Waals surface area contributed by atoms with E-state index in [0.717, 1.165) is 16.7 Å². The molecule has 0 bridgehead atoms. The summed E-state index contributed by atoms with van der Waals surface area (Å²) >= 11 is 0. The molecular formula is C26H28F2N2O3. The average molecular weight is 455 g/mol. The second-order valence-electron chi connectivity index (χ2n) is 7.86. The van der Waals surface area contributed by atoms with Crippen molar-refractivity contribution in [2.45, 2.75) is 38.1 Å². The molecule has 0 saturated carbocycles. The van der Waals surface area contributed by atoms with Crippen molar-refractivity contribution in [3.05, 3.63) is 107 Å². The van der Waals surface area contributed by atoms with Crippen molar-refractivity contribution in [1.29, 1.82) is 0 Å². The van der Waals surface area contributed by atoms with Crippen molar-refractivity contribution >= 4 is 6.09 Å². The van der Waals surface area contributed by atoms with Gasteiger partial charge in [0.2, 0.25) is 0 Å². The molecule has 3 aromatic carbocycles. The van der Waals surface area contributed by atoms with E-state index in [1.54, 1.807) is 30.3 Å². The first-order valence-electron chi connectivity index (χ1n) is 10.7. The third-order valence-electron chi connectivity index (χ3n) is 5.19. The highest BCUT2D eigenvalue weighted by molar-refractivity contribution is 5.68. The highest BCUT2D eigenvalue weighted by Gasteiger charge is 2.46. The largest absolute Gasteiger partial charge is 0.445 e. The molecule has 0 spiro atoms. The van der Waals surface area contributed by atoms with Gasteiger partial charge in [-0.25, -0.2) is 4.79 Å². The van der Waals surface area contributed by atoms with E-state index in [-0.39, 0.29) is 18.7 Å². The number of benzene rings is 3. The zero-order chi connectivity index (χ0) is 23.7. The molecule has 2 unspecified atom stereocenters. The Morgan fingerprint density at radius 3 is 2.27 bits per heavy atom. The predicted octanol–water partition coefficient (Wildman–Crippen LogP) is 4.53. The van der Waals surface area contributed by atoms with Crippen LogP contribution in [0.1, 0.15) is 22.3 Å². The Morgan fingerprint density at radius 2 is 1.61 bits per heavy atom. The topological polar surface area (TPSA) is 70.6 Å². The Labute approximate surface area is 192 Å². The lowest BCUT2D eigenvalue weighted by Gasteiger charge is -2.31. The van der Waals surface area contributed by atoms with E-state index >= 15 is 8.78 Å². The number of ether oxygens (including phenoxy) is 1. The SMILES string of the molecule is Cc1cccc(CNCC(O)C(NC(=O)OCc2ccccc2)C(F)(F)c2ccccc2)c1. The van der Waals surface area contributed by atoms with E-state index < -0.39 is 24.2 Å². The fourth-order valence-corrected chi connectivity index (χ4v) is 3.46. The van der Waals surface area contributed by atoms with Crippen LogP contribution in [-0.4, -0.2) is 29.9 Å². The first kappa shape index (κ1) is 24.4. The molecular weight excluding hydrogens is 426 g/mol. The van der Waals surface area contributed by atoms with Crippen molar-refractivity contribution in [1.82, 2.24) is 10.6 Å². The third kappa shape index (κ3) is 7.10. The van der Waals surface area contributed by atoms with Crippen LogP contribution in [0.15, 0.2) is 84.9 Å². The average Bonchev–Trinajstić information content (AvgIpc) is 2.82. The number of aryl methyl sites for hydroxylation is 1. The van der Waals surface area contributed by atoms with E-state index in [1.165, 1.54) is 24.3 Å². The quantitative estimate of drug-likeness (QED) is 0.421. The van der Waals surface area contributed by atoms with Crippen LogP contribution in [0.2, 0.25) is 0 Å². The number of aliphatic hydroxyl groups is 1. The fraction of sp³-hybridized carbons (Fsp3) is 0.269. The van der Waals surface area contributed by atoms with Crippen LogP contribution in [0.4, 0.5) is 13.6 Å². The Hall–Kier alpha value is -3.29. The summed E-state index contributed by atoms with van der Waals surface area (Å²) in [6.07, 6.45) is -2.61. The molecule has 2 atom stereocenters. The molecule has 0 aliphatic rings. The summed E-state index contributed by atoms with van der Waals surface area (Å²) in [6, 6.07) is 21.8. The summed E-state index contributed by atoms with van der Waals surface area (Å²) in [4.78, 5) is 12.3. The highest BCUT2D eigenvalue weighted by atomic mass is 19.3. The van der Waals surface area contributed by atoms with Gasteiger partial charge in [-0.05, 0) is 18.1 Å². The second-order valence-corrected chi connectivity index (χ2v) is 7.86. The summed E-state index contributed by atoms with van der Waals surface area (Å²) in [6.45, 7) is 2.12. The fourth-order valence-electron chi connectivity index (χ4n) is 3.46. The Kier molecular flexibility index (Phi) is 8.52. The van der Waals surface area contributed by atoms with Crippen LogP contribution in [0.25, 0.3) is 0 Å². The summed E-state index contributed by atoms with van der Waals surface area (Å²) in [5, 5.41) is 15.8. The maximum absolute atomic E-state index is 15.3. The van der Waals surface area contributed by atoms with Crippen molar-refractivity contribution in [2.75, 3.05) is 6.54 Å². The number of nitrogens with one attached hydrogen (secondary N) is 2. The molecule has 0 aliphatic carbocycles. The van der Waals surface area contributed by atoms with Crippen LogP contribution in [-0.2, 0) is 23.8 Å². The predicted molar refractivity (Wildman–Crippen MR) is 123 cm³/mol. The number of amides is 1. The van der Waals surface area contributed by atoms with Crippen LogP contribution < -0.4 is 10.6 Å². The second kappa shape index (κ2) is 11.5. The Morgan fingerprint density at radius 1 is 0.970 bits per heavy atom. The number of hydrogen-bond donors (Lipinski definition) is 3. The zero-order valence-corrected chi connectivity index (χ0v) is 18.4. The summed E-state index contributed by atoms with van der Waals surface area (Å²) in [5.41, 5.74) is 2.45. The molecule has 174 valence electrons. The summed E-state index contributed by atoms with van der Waals surface area (Å²) in [5.74, 6) is -3.53. The van der Waals surface area contributed by atoms with Gasteiger partial charge in [-0.15, -0.1) is 0 Å². The van der Waals surface area contributed by atoms with Crippen molar-refractivity contribution < 1.29 is 23.4 Å². The molecule has 5 nitrogen and oxygen atoms in total. The van der Waals surface area contributed by atoms with Gasteiger partial charge in [0.15, 0.2) is 0 Å². The lowest BCUT2D eigenvalue weighted by molar-refractivity contribution is -0.0825. The molecule has 0 aromatic heterocycles. The third-order valence-corrected chi connectivity index (χ3v) is 5.19. The Balaban J connectivity index is 1.68. The molecule has 0 aliphatic heterocycles. The number of carbonyl (C=O) groups excluding carboxylic acids is 1. The number of halogens is 2. The van der Waals surface area contributed by atoms with Gasteiger partial charge in [0.1, 0.15) is 12.6 Å². The number of alkyl halides is 2. The lowest BCUT2D eigenvalue weighted by Crippen LogP contribution is -2.55. The standard InChI is InChI=1S/C26H28F2N2O3/c1-19-9-8-12-21(15-19)16-29-17-23(31)24(26(27,28)22-13-6-3-7-14-22)30-25(32)33-18-20-10-4-2-5-11-20/h2-15,23-24,29,31H,16-18H2,1H3,(H,30,32). The van der Waals surface area contributed by atoms with Crippen molar-refractivity contribution in [3.63, 3.8) is 0 Å². The maximum Gasteiger partial charge on any atom is 0.407 e. The molecule has 3 rings (SSSR count). The van der Waals surface area contributed by atoms with Gasteiger partial charge < -0.3 is 20.5 Å². The van der Waals surface area contributed by atoms with Crippen LogP contribution in [0, 0.1) is 6.92 Å². The maximum atomic E-state index is 15.3. The van der Waals surface area contributed by atoms with Crippen LogP contribution in [0.3, 0.4) is 0 Å². The van der Waals surface area contributed by atoms with Gasteiger partial charge in [0.05, 0.1) is 6.10 Å². The number of carbonyl (C=O) groups is 1. The first-order valence-corrected chi connectivity index (χ1v) is 10.7. The summed E-state index contributed by atoms with van der Waals surface area (Å²) in [7, 11) is 0. The number of hydrogen-bond acceptors (Lipinski definition) is 4. The minimum atomic E-state index is -3.53. The van der Waals surface area contributed by atoms with Gasteiger partial charge in [-0.3, -0.25) is 0 Å². The molecule has 0 fully saturated rings. The molecule has 0 saturated heterocycles. The molecule has 33 heavy (non-hydrogen) atoms. The Bertz CT molecular complexity index is 1020. The first-order chi connectivity index (χ1) is 15.9. The number of alkyl carbamates (subject to hydrolysis) is 1. The van der Waals surface area contributed by atoms with E-state index in [2.05, 4.69) is 10.6 Å². The lowest BCUT2D eigenvalue weighted by atomic mass is 9.96. The number of aliphatic hydroxyl groups excluding tert-OH is 1. The molecule has 7 heteroatoms. The van der Waals surface area contributed by atoms with Gasteiger partial charge in [-0.1, -0.05) is 90.5 Å². The molecule has 0 radical (unpaired) electrons. The van der Waals surface area contributed by atoms with Gasteiger partial charge >= 0.3 is 6.09 Å². The van der Waals surface area contributed by atoms with Gasteiger partial charge in [-0.2, -0.15) is 8.78 Å². The number of rotatable bonds is 10. The molecule has 3 N–H and O–H groups in total. The molecule has 3 aromatic rings. The normalized spacial score (nSPS) is 13.2. The van der Waals surface area contributed by atoms with E-state index in [4.69, 9.17) is 4.74 Å². The van der Waals surface area contributed by atoms with Crippen molar-refractivity contribution in [3.8, 4) is 0 Å². The minimum Gasteiger partial charge on any atom is -0.445 e. The van der Waals surface area contributed by atoms with Crippen LogP contribution >= 0.6 is 0 Å². The zero-order valence-electron chi connectivity index (χ0n) is 18.4. The minimum absolute atomic E-state index is 0.0714. The highest BCUT2D eigenvalue weighted by Crippen LogP contribution is 2.33. The van der Waals surface area contributed by atoms with Gasteiger partial charge in [0.25, 0.3) is 5.92 Å². The van der Waals surface area contributed by atoms with E-state index in [1.807, 2.05) is 37.3 Å².